The highest BCUT2D eigenvalue weighted by Crippen LogP contribution is 2.35. The third kappa shape index (κ3) is 3.24. The Balaban J connectivity index is 1.71. The maximum absolute atomic E-state index is 10.3. The van der Waals surface area contributed by atoms with Crippen LogP contribution in [0.5, 0.6) is 5.75 Å². The minimum absolute atomic E-state index is 0.102. The van der Waals surface area contributed by atoms with Crippen LogP contribution < -0.4 is 0 Å². The number of aryl methyl sites for hydroxylation is 1. The summed E-state index contributed by atoms with van der Waals surface area (Å²) in [7, 11) is 2.19. The molecule has 3 heterocycles. The van der Waals surface area contributed by atoms with E-state index in [1.54, 1.807) is 18.3 Å². The number of phenols is 1. The maximum Gasteiger partial charge on any atom is 0.126 e. The summed E-state index contributed by atoms with van der Waals surface area (Å²) in [5.41, 5.74) is 2.24. The van der Waals surface area contributed by atoms with Crippen molar-refractivity contribution in [3.8, 4) is 17.0 Å². The Hall–Kier alpha value is -2.24. The highest BCUT2D eigenvalue weighted by atomic mass is 35.5. The van der Waals surface area contributed by atoms with Crippen molar-refractivity contribution in [1.29, 1.82) is 0 Å². The second-order valence-corrected chi connectivity index (χ2v) is 7.33. The highest BCUT2D eigenvalue weighted by molar-refractivity contribution is 6.30. The molecular formula is C20H21ClN4O. The smallest absolute Gasteiger partial charge is 0.126 e. The number of rotatable bonds is 4. The van der Waals surface area contributed by atoms with Crippen molar-refractivity contribution in [2.45, 2.75) is 31.7 Å². The molecule has 2 aromatic heterocycles. The Morgan fingerprint density at radius 1 is 1.23 bits per heavy atom. The van der Waals surface area contributed by atoms with E-state index in [4.69, 9.17) is 11.6 Å². The lowest BCUT2D eigenvalue weighted by Crippen LogP contribution is -2.25. The van der Waals surface area contributed by atoms with E-state index in [0.29, 0.717) is 22.3 Å². The molecule has 0 aliphatic carbocycles. The van der Waals surface area contributed by atoms with Crippen molar-refractivity contribution in [3.05, 3.63) is 47.4 Å². The summed E-state index contributed by atoms with van der Waals surface area (Å²) >= 11 is 5.95. The van der Waals surface area contributed by atoms with E-state index in [1.165, 1.54) is 25.5 Å². The van der Waals surface area contributed by atoms with Crippen molar-refractivity contribution < 1.29 is 5.11 Å². The van der Waals surface area contributed by atoms with Gasteiger partial charge in [-0.15, -0.1) is 5.10 Å². The average Bonchev–Trinajstić information content (AvgIpc) is 3.05. The second-order valence-electron chi connectivity index (χ2n) is 6.89. The predicted octanol–water partition coefficient (Wildman–Crippen LogP) is 4.08. The van der Waals surface area contributed by atoms with Gasteiger partial charge in [-0.2, -0.15) is 5.10 Å². The van der Waals surface area contributed by atoms with Crippen molar-refractivity contribution >= 4 is 22.4 Å². The van der Waals surface area contributed by atoms with Gasteiger partial charge in [-0.25, -0.2) is 0 Å². The monoisotopic (exact) mass is 368 g/mol. The molecule has 3 aromatic rings. The molecule has 26 heavy (non-hydrogen) atoms. The fourth-order valence-electron chi connectivity index (χ4n) is 3.78. The number of pyridine rings is 1. The van der Waals surface area contributed by atoms with Crippen molar-refractivity contribution in [2.24, 2.45) is 0 Å². The van der Waals surface area contributed by atoms with Crippen LogP contribution in [0.2, 0.25) is 5.02 Å². The fraction of sp³-hybridized carbons (Fsp3) is 0.350. The average molecular weight is 369 g/mol. The molecule has 0 saturated carbocycles. The van der Waals surface area contributed by atoms with Gasteiger partial charge in [0.25, 0.3) is 0 Å². The molecule has 0 radical (unpaired) electrons. The van der Waals surface area contributed by atoms with Crippen molar-refractivity contribution in [2.75, 3.05) is 13.6 Å². The maximum atomic E-state index is 10.3. The standard InChI is InChI=1S/C20H21ClN4O/c1-25-10-2-3-14(25)5-7-18-17-12-22-9-8-15(17)20(24-23-18)16-6-4-13(21)11-19(16)26/h4,6,8-9,11-12,14,26H,2-3,5,7,10H2,1H3/t14-/m0/s1. The lowest BCUT2D eigenvalue weighted by atomic mass is 10.0. The molecule has 5 nitrogen and oxygen atoms in total. The first kappa shape index (κ1) is 17.2. The molecule has 0 spiro atoms. The number of aromatic hydroxyl groups is 1. The number of benzene rings is 1. The molecule has 0 amide bonds. The van der Waals surface area contributed by atoms with Gasteiger partial charge in [0.1, 0.15) is 11.4 Å². The van der Waals surface area contributed by atoms with E-state index in [0.717, 1.165) is 29.3 Å². The number of halogens is 1. The lowest BCUT2D eigenvalue weighted by molar-refractivity contribution is 0.296. The fourth-order valence-corrected chi connectivity index (χ4v) is 3.95. The SMILES string of the molecule is CN1CCC[C@H]1CCc1nnc(-c2ccc(Cl)cc2O)c2ccncc12. The third-order valence-corrected chi connectivity index (χ3v) is 5.49. The number of hydrogen-bond donors (Lipinski definition) is 1. The Bertz CT molecular complexity index is 946. The van der Waals surface area contributed by atoms with Gasteiger partial charge in [-0.3, -0.25) is 4.98 Å². The van der Waals surface area contributed by atoms with E-state index in [2.05, 4.69) is 27.1 Å². The molecule has 1 aliphatic heterocycles. The van der Waals surface area contributed by atoms with Gasteiger partial charge in [-0.05, 0) is 63.5 Å². The molecule has 1 atom stereocenters. The van der Waals surface area contributed by atoms with Crippen LogP contribution in [0.25, 0.3) is 22.0 Å². The summed E-state index contributed by atoms with van der Waals surface area (Å²) in [6.07, 6.45) is 8.04. The van der Waals surface area contributed by atoms with Crippen LogP contribution >= 0.6 is 11.6 Å². The van der Waals surface area contributed by atoms with Gasteiger partial charge < -0.3 is 10.0 Å². The quantitative estimate of drug-likeness (QED) is 0.751. The number of nitrogens with zero attached hydrogens (tertiary/aromatic N) is 4. The molecule has 1 aliphatic rings. The van der Waals surface area contributed by atoms with Gasteiger partial charge in [0.15, 0.2) is 0 Å². The van der Waals surface area contributed by atoms with Crippen molar-refractivity contribution in [1.82, 2.24) is 20.1 Å². The van der Waals surface area contributed by atoms with Crippen LogP contribution in [0.1, 0.15) is 25.0 Å². The largest absolute Gasteiger partial charge is 0.507 e. The molecule has 134 valence electrons. The molecule has 4 rings (SSSR count). The summed E-state index contributed by atoms with van der Waals surface area (Å²) in [6.45, 7) is 1.17. The molecule has 6 heteroatoms. The molecule has 1 saturated heterocycles. The van der Waals surface area contributed by atoms with Crippen LogP contribution in [0, 0.1) is 0 Å². The predicted molar refractivity (Wildman–Crippen MR) is 103 cm³/mol. The highest BCUT2D eigenvalue weighted by Gasteiger charge is 2.21. The number of aromatic nitrogens is 3. The van der Waals surface area contributed by atoms with E-state index >= 15 is 0 Å². The molecule has 1 aromatic carbocycles. The van der Waals surface area contributed by atoms with Crippen LogP contribution in [-0.2, 0) is 6.42 Å². The van der Waals surface area contributed by atoms with Gasteiger partial charge in [-0.1, -0.05) is 11.6 Å². The number of phenolic OH excluding ortho intramolecular Hbond substituents is 1. The van der Waals surface area contributed by atoms with E-state index in [1.807, 2.05) is 12.3 Å². The van der Waals surface area contributed by atoms with E-state index in [-0.39, 0.29) is 5.75 Å². The zero-order chi connectivity index (χ0) is 18.1. The second kappa shape index (κ2) is 7.17. The third-order valence-electron chi connectivity index (χ3n) is 5.26. The summed E-state index contributed by atoms with van der Waals surface area (Å²) in [5.74, 6) is 0.102. The van der Waals surface area contributed by atoms with Crippen molar-refractivity contribution in [3.63, 3.8) is 0 Å². The van der Waals surface area contributed by atoms with Crippen LogP contribution in [0.15, 0.2) is 36.7 Å². The van der Waals surface area contributed by atoms with Crippen LogP contribution in [0.4, 0.5) is 0 Å². The summed E-state index contributed by atoms with van der Waals surface area (Å²) in [6, 6.07) is 7.58. The van der Waals surface area contributed by atoms with Gasteiger partial charge in [0, 0.05) is 39.8 Å². The van der Waals surface area contributed by atoms with Crippen LogP contribution in [-0.4, -0.2) is 44.8 Å². The lowest BCUT2D eigenvalue weighted by Gasteiger charge is -2.19. The molecule has 1 fully saturated rings. The molecule has 1 N–H and O–H groups in total. The first-order chi connectivity index (χ1) is 12.6. The van der Waals surface area contributed by atoms with Gasteiger partial charge in [0.05, 0.1) is 5.69 Å². The Morgan fingerprint density at radius 2 is 2.12 bits per heavy atom. The minimum atomic E-state index is 0.102. The van der Waals surface area contributed by atoms with Gasteiger partial charge in [0.2, 0.25) is 0 Å². The zero-order valence-corrected chi connectivity index (χ0v) is 15.4. The van der Waals surface area contributed by atoms with E-state index in [9.17, 15) is 5.11 Å². The van der Waals surface area contributed by atoms with E-state index < -0.39 is 0 Å². The number of fused-ring (bicyclic) bond motifs is 1. The summed E-state index contributed by atoms with van der Waals surface area (Å²) in [4.78, 5) is 6.70. The van der Waals surface area contributed by atoms with Gasteiger partial charge >= 0.3 is 0 Å². The summed E-state index contributed by atoms with van der Waals surface area (Å²) < 4.78 is 0. The normalized spacial score (nSPS) is 17.8. The first-order valence-corrected chi connectivity index (χ1v) is 9.29. The Kier molecular flexibility index (Phi) is 4.74. The number of hydrogen-bond acceptors (Lipinski definition) is 5. The first-order valence-electron chi connectivity index (χ1n) is 8.92. The number of likely N-dealkylation sites (tertiary alicyclic amines) is 1. The Labute approximate surface area is 157 Å². The molecular weight excluding hydrogens is 348 g/mol. The minimum Gasteiger partial charge on any atom is -0.507 e. The van der Waals surface area contributed by atoms with Crippen LogP contribution in [0.3, 0.4) is 0 Å². The molecule has 0 bridgehead atoms. The topological polar surface area (TPSA) is 62.1 Å². The molecule has 0 unspecified atom stereocenters. The Morgan fingerprint density at radius 3 is 2.88 bits per heavy atom. The zero-order valence-electron chi connectivity index (χ0n) is 14.7. The summed E-state index contributed by atoms with van der Waals surface area (Å²) in [5, 5.41) is 21.6.